The van der Waals surface area contributed by atoms with Crippen LogP contribution in [0.1, 0.15) is 16.7 Å². The van der Waals surface area contributed by atoms with Gasteiger partial charge in [-0.1, -0.05) is 53.1 Å². The number of benzene rings is 3. The molecule has 3 rings (SSSR count). The highest BCUT2D eigenvalue weighted by molar-refractivity contribution is 7.92. The Bertz CT molecular complexity index is 1230. The second-order valence-corrected chi connectivity index (χ2v) is 10.1. The zero-order valence-electron chi connectivity index (χ0n) is 18.8. The van der Waals surface area contributed by atoms with Crippen LogP contribution in [0.5, 0.6) is 5.75 Å². The van der Waals surface area contributed by atoms with Crippen LogP contribution < -0.4 is 14.4 Å². The molecule has 3 aromatic rings. The molecule has 8 heteroatoms. The van der Waals surface area contributed by atoms with Gasteiger partial charge in [0.05, 0.1) is 17.1 Å². The van der Waals surface area contributed by atoms with Crippen LogP contribution >= 0.6 is 11.6 Å². The van der Waals surface area contributed by atoms with Gasteiger partial charge in [-0.25, -0.2) is 8.42 Å². The minimum atomic E-state index is -3.98. The fourth-order valence-corrected chi connectivity index (χ4v) is 4.88. The summed E-state index contributed by atoms with van der Waals surface area (Å²) in [7, 11) is -3.98. The Morgan fingerprint density at radius 3 is 2.33 bits per heavy atom. The second kappa shape index (κ2) is 10.7. The van der Waals surface area contributed by atoms with E-state index in [1.54, 1.807) is 30.3 Å². The summed E-state index contributed by atoms with van der Waals surface area (Å²) < 4.78 is 33.5. The first-order valence-electron chi connectivity index (χ1n) is 10.5. The molecular formula is C25H27ClN2O4S. The smallest absolute Gasteiger partial charge is 0.264 e. The molecule has 0 aliphatic rings. The Labute approximate surface area is 200 Å². The van der Waals surface area contributed by atoms with E-state index in [0.717, 1.165) is 26.7 Å². The molecule has 0 bridgehead atoms. The molecule has 3 aromatic carbocycles. The van der Waals surface area contributed by atoms with E-state index in [4.69, 9.17) is 16.3 Å². The minimum absolute atomic E-state index is 0.0963. The number of rotatable bonds is 9. The number of carbonyl (C=O) groups is 1. The number of ether oxygens (including phenoxy) is 1. The molecule has 0 fully saturated rings. The van der Waals surface area contributed by atoms with E-state index in [-0.39, 0.29) is 24.6 Å². The van der Waals surface area contributed by atoms with Crippen molar-refractivity contribution in [3.8, 4) is 5.75 Å². The predicted molar refractivity (Wildman–Crippen MR) is 132 cm³/mol. The summed E-state index contributed by atoms with van der Waals surface area (Å²) >= 11 is 6.09. The fourth-order valence-electron chi connectivity index (χ4n) is 3.28. The Morgan fingerprint density at radius 2 is 1.67 bits per heavy atom. The monoisotopic (exact) mass is 486 g/mol. The Balaban J connectivity index is 1.70. The maximum atomic E-state index is 13.3. The number of nitrogens with one attached hydrogen (secondary N) is 1. The van der Waals surface area contributed by atoms with Crippen molar-refractivity contribution in [1.82, 2.24) is 5.32 Å². The highest BCUT2D eigenvalue weighted by atomic mass is 35.5. The highest BCUT2D eigenvalue weighted by Gasteiger charge is 2.27. The van der Waals surface area contributed by atoms with Gasteiger partial charge in [-0.05, 0) is 62.7 Å². The summed E-state index contributed by atoms with van der Waals surface area (Å²) in [6.45, 7) is 5.95. The summed E-state index contributed by atoms with van der Waals surface area (Å²) in [4.78, 5) is 12.8. The standard InChI is InChI=1S/C25H27ClN2O4S/c1-18-7-10-23(11-8-18)33(30,31)28(22-6-4-5-21(26)16-22)17-25(29)27-13-14-32-24-12-9-19(2)15-20(24)3/h4-12,15-16H,13-14,17H2,1-3H3,(H,27,29). The number of aryl methyl sites for hydroxylation is 3. The molecule has 0 unspecified atom stereocenters. The van der Waals surface area contributed by atoms with Crippen LogP contribution in [0.15, 0.2) is 71.6 Å². The maximum Gasteiger partial charge on any atom is 0.264 e. The Hall–Kier alpha value is -3.03. The summed E-state index contributed by atoms with van der Waals surface area (Å²) in [5, 5.41) is 3.10. The van der Waals surface area contributed by atoms with Gasteiger partial charge in [0.2, 0.25) is 5.91 Å². The molecule has 0 aliphatic heterocycles. The molecule has 0 atom stereocenters. The van der Waals surface area contributed by atoms with Crippen molar-refractivity contribution in [3.63, 3.8) is 0 Å². The van der Waals surface area contributed by atoms with E-state index in [1.165, 1.54) is 18.2 Å². The average molecular weight is 487 g/mol. The van der Waals surface area contributed by atoms with E-state index < -0.39 is 15.9 Å². The normalized spacial score (nSPS) is 11.2. The van der Waals surface area contributed by atoms with Crippen LogP contribution in [0.4, 0.5) is 5.69 Å². The summed E-state index contributed by atoms with van der Waals surface area (Å²) in [6, 6.07) is 18.8. The van der Waals surface area contributed by atoms with E-state index >= 15 is 0 Å². The Morgan fingerprint density at radius 1 is 0.970 bits per heavy atom. The van der Waals surface area contributed by atoms with Crippen LogP contribution in [-0.4, -0.2) is 34.0 Å². The van der Waals surface area contributed by atoms with Gasteiger partial charge in [-0.3, -0.25) is 9.10 Å². The quantitative estimate of drug-likeness (QED) is 0.446. The SMILES string of the molecule is Cc1ccc(S(=O)(=O)N(CC(=O)NCCOc2ccc(C)cc2C)c2cccc(Cl)c2)cc1. The van der Waals surface area contributed by atoms with Crippen LogP contribution in [-0.2, 0) is 14.8 Å². The molecule has 0 radical (unpaired) electrons. The van der Waals surface area contributed by atoms with Crippen LogP contribution in [0, 0.1) is 20.8 Å². The van der Waals surface area contributed by atoms with Crippen molar-refractivity contribution in [2.75, 3.05) is 24.0 Å². The molecule has 0 aliphatic carbocycles. The van der Waals surface area contributed by atoms with Crippen LogP contribution in [0.3, 0.4) is 0 Å². The lowest BCUT2D eigenvalue weighted by atomic mass is 10.1. The van der Waals surface area contributed by atoms with E-state index in [1.807, 2.05) is 39.0 Å². The van der Waals surface area contributed by atoms with Crippen molar-refractivity contribution >= 4 is 33.2 Å². The largest absolute Gasteiger partial charge is 0.491 e. The number of sulfonamides is 1. The van der Waals surface area contributed by atoms with Gasteiger partial charge >= 0.3 is 0 Å². The number of hydrogen-bond donors (Lipinski definition) is 1. The lowest BCUT2D eigenvalue weighted by molar-refractivity contribution is -0.119. The van der Waals surface area contributed by atoms with Gasteiger partial charge in [0.1, 0.15) is 18.9 Å². The fraction of sp³-hybridized carbons (Fsp3) is 0.240. The number of anilines is 1. The second-order valence-electron chi connectivity index (χ2n) is 7.77. The number of nitrogens with zero attached hydrogens (tertiary/aromatic N) is 1. The van der Waals surface area contributed by atoms with Gasteiger partial charge in [0, 0.05) is 5.02 Å². The lowest BCUT2D eigenvalue weighted by Crippen LogP contribution is -2.42. The van der Waals surface area contributed by atoms with Crippen molar-refractivity contribution in [2.24, 2.45) is 0 Å². The van der Waals surface area contributed by atoms with Gasteiger partial charge in [-0.15, -0.1) is 0 Å². The molecule has 0 saturated heterocycles. The van der Waals surface area contributed by atoms with Gasteiger partial charge in [-0.2, -0.15) is 0 Å². The molecule has 0 saturated carbocycles. The summed E-state index contributed by atoms with van der Waals surface area (Å²) in [5.74, 6) is 0.298. The van der Waals surface area contributed by atoms with Crippen molar-refractivity contribution < 1.29 is 17.9 Å². The molecule has 6 nitrogen and oxygen atoms in total. The van der Waals surface area contributed by atoms with E-state index in [2.05, 4.69) is 5.32 Å². The third kappa shape index (κ3) is 6.49. The van der Waals surface area contributed by atoms with Crippen molar-refractivity contribution in [2.45, 2.75) is 25.7 Å². The number of hydrogen-bond acceptors (Lipinski definition) is 4. The van der Waals surface area contributed by atoms with Crippen molar-refractivity contribution in [3.05, 3.63) is 88.4 Å². The third-order valence-corrected chi connectivity index (χ3v) is 7.03. The lowest BCUT2D eigenvalue weighted by Gasteiger charge is -2.24. The number of amides is 1. The van der Waals surface area contributed by atoms with Crippen molar-refractivity contribution in [1.29, 1.82) is 0 Å². The molecule has 0 heterocycles. The zero-order valence-corrected chi connectivity index (χ0v) is 20.4. The van der Waals surface area contributed by atoms with Gasteiger partial charge < -0.3 is 10.1 Å². The molecule has 0 aromatic heterocycles. The average Bonchev–Trinajstić information content (AvgIpc) is 2.76. The number of carbonyl (C=O) groups excluding carboxylic acids is 1. The third-order valence-electron chi connectivity index (χ3n) is 5.00. The number of halogens is 1. The molecule has 0 spiro atoms. The first-order chi connectivity index (χ1) is 15.7. The summed E-state index contributed by atoms with van der Waals surface area (Å²) in [5.41, 5.74) is 3.40. The highest BCUT2D eigenvalue weighted by Crippen LogP contribution is 2.26. The van der Waals surface area contributed by atoms with E-state index in [9.17, 15) is 13.2 Å². The molecule has 33 heavy (non-hydrogen) atoms. The van der Waals surface area contributed by atoms with Crippen LogP contribution in [0.2, 0.25) is 5.02 Å². The topological polar surface area (TPSA) is 75.7 Å². The molecule has 1 amide bonds. The molecule has 1 N–H and O–H groups in total. The first kappa shape index (κ1) is 24.6. The zero-order chi connectivity index (χ0) is 24.0. The van der Waals surface area contributed by atoms with E-state index in [0.29, 0.717) is 10.7 Å². The Kier molecular flexibility index (Phi) is 8.00. The molecular weight excluding hydrogens is 460 g/mol. The predicted octanol–water partition coefficient (Wildman–Crippen LogP) is 4.66. The molecule has 174 valence electrons. The summed E-state index contributed by atoms with van der Waals surface area (Å²) in [6.07, 6.45) is 0. The van der Waals surface area contributed by atoms with Crippen LogP contribution in [0.25, 0.3) is 0 Å². The first-order valence-corrected chi connectivity index (χ1v) is 12.3. The van der Waals surface area contributed by atoms with Gasteiger partial charge in [0.15, 0.2) is 0 Å². The maximum absolute atomic E-state index is 13.3. The van der Waals surface area contributed by atoms with Gasteiger partial charge in [0.25, 0.3) is 10.0 Å². The minimum Gasteiger partial charge on any atom is -0.491 e.